The maximum atomic E-state index is 12.2. The second-order valence-electron chi connectivity index (χ2n) is 1.28. The summed E-state index contributed by atoms with van der Waals surface area (Å²) < 4.78 is 23.9. The maximum Gasteiger partial charge on any atom is 0.315 e. The van der Waals surface area contributed by atoms with Crippen LogP contribution >= 0.6 is 63.7 Å². The van der Waals surface area contributed by atoms with E-state index in [1.54, 1.807) is 0 Å². The Morgan fingerprint density at radius 3 is 1.44 bits per heavy atom. The minimum atomic E-state index is -2.88. The van der Waals surface area contributed by atoms with Crippen LogP contribution in [0, 0.1) is 0 Å². The summed E-state index contributed by atoms with van der Waals surface area (Å²) in [5.41, 5.74) is 0. The Labute approximate surface area is 85.3 Å². The Hall–Kier alpha value is 1.78. The highest BCUT2D eigenvalue weighted by atomic mass is 79.9. The number of rotatable bonds is 2. The van der Waals surface area contributed by atoms with Gasteiger partial charge in [-0.25, -0.2) is 0 Å². The van der Waals surface area contributed by atoms with Gasteiger partial charge in [0.2, 0.25) is 0 Å². The zero-order chi connectivity index (χ0) is 7.65. The molecule has 0 heterocycles. The van der Waals surface area contributed by atoms with Crippen LogP contribution in [0.15, 0.2) is 0 Å². The van der Waals surface area contributed by atoms with Gasteiger partial charge in [-0.3, -0.25) is 0 Å². The van der Waals surface area contributed by atoms with Crippen LogP contribution in [0.1, 0.15) is 0 Å². The Balaban J connectivity index is 3.88. The smallest absolute Gasteiger partial charge is 0.192 e. The lowest BCUT2D eigenvalue weighted by atomic mass is 10.5. The molecule has 6 heteroatoms. The van der Waals surface area contributed by atoms with Crippen molar-refractivity contribution in [3.8, 4) is 0 Å². The average Bonchev–Trinajstić information content (AvgIpc) is 1.62. The van der Waals surface area contributed by atoms with Crippen LogP contribution in [-0.4, -0.2) is 13.4 Å². The van der Waals surface area contributed by atoms with E-state index in [2.05, 4.69) is 63.7 Å². The molecule has 56 valence electrons. The largest absolute Gasteiger partial charge is 0.315 e. The Bertz CT molecular complexity index is 88.3. The third kappa shape index (κ3) is 4.27. The first-order chi connectivity index (χ1) is 3.85. The molecule has 0 aromatic carbocycles. The van der Waals surface area contributed by atoms with E-state index in [1.807, 2.05) is 0 Å². The molecule has 0 bridgehead atoms. The molecular weight excluding hydrogens is 394 g/mol. The van der Waals surface area contributed by atoms with Crippen molar-refractivity contribution in [1.82, 2.24) is 0 Å². The number of halogens is 6. The SMILES string of the molecule is FC(F)(Br)C(Br)C(Br)Br. The van der Waals surface area contributed by atoms with Crippen molar-refractivity contribution in [3.05, 3.63) is 0 Å². The third-order valence-corrected chi connectivity index (χ3v) is 5.22. The fraction of sp³-hybridized carbons (Fsp3) is 1.00. The highest BCUT2D eigenvalue weighted by molar-refractivity contribution is 9.25. The maximum absolute atomic E-state index is 12.2. The van der Waals surface area contributed by atoms with Crippen molar-refractivity contribution in [1.29, 1.82) is 0 Å². The first-order valence-corrected chi connectivity index (χ1v) is 5.38. The van der Waals surface area contributed by atoms with Gasteiger partial charge in [0.05, 0.1) is 3.74 Å². The molecule has 0 amide bonds. The summed E-state index contributed by atoms with van der Waals surface area (Å²) in [6.45, 7) is 0. The van der Waals surface area contributed by atoms with Gasteiger partial charge in [-0.15, -0.1) is 0 Å². The summed E-state index contributed by atoms with van der Waals surface area (Å²) in [7, 11) is 0. The van der Waals surface area contributed by atoms with E-state index < -0.39 is 13.4 Å². The summed E-state index contributed by atoms with van der Waals surface area (Å²) in [5, 5.41) is 0. The van der Waals surface area contributed by atoms with Crippen LogP contribution < -0.4 is 0 Å². The fourth-order valence-electron chi connectivity index (χ4n) is 0.143. The minimum absolute atomic E-state index is 0.445. The fourth-order valence-corrected chi connectivity index (χ4v) is 1.78. The summed E-state index contributed by atoms with van der Waals surface area (Å²) in [6, 6.07) is 0. The number of hydrogen-bond donors (Lipinski definition) is 0. The molecule has 0 fully saturated rings. The monoisotopic (exact) mass is 392 g/mol. The molecule has 0 aliphatic carbocycles. The molecule has 0 aliphatic rings. The van der Waals surface area contributed by atoms with Crippen LogP contribution in [-0.2, 0) is 0 Å². The predicted molar refractivity (Wildman–Crippen MR) is 48.2 cm³/mol. The van der Waals surface area contributed by atoms with Crippen LogP contribution in [0.5, 0.6) is 0 Å². The van der Waals surface area contributed by atoms with Crippen molar-refractivity contribution < 1.29 is 8.78 Å². The summed E-state index contributed by atoms with van der Waals surface area (Å²) in [4.78, 5) is -3.84. The van der Waals surface area contributed by atoms with E-state index in [9.17, 15) is 8.78 Å². The lowest BCUT2D eigenvalue weighted by Crippen LogP contribution is -2.26. The van der Waals surface area contributed by atoms with Gasteiger partial charge >= 0.3 is 4.83 Å². The molecule has 0 rings (SSSR count). The highest BCUT2D eigenvalue weighted by Gasteiger charge is 2.37. The molecule has 0 aromatic heterocycles. The van der Waals surface area contributed by atoms with Gasteiger partial charge in [0.25, 0.3) is 0 Å². The number of alkyl halides is 6. The van der Waals surface area contributed by atoms with Gasteiger partial charge < -0.3 is 0 Å². The molecule has 0 saturated heterocycles. The van der Waals surface area contributed by atoms with E-state index in [0.717, 1.165) is 0 Å². The van der Waals surface area contributed by atoms with Crippen LogP contribution in [0.25, 0.3) is 0 Å². The van der Waals surface area contributed by atoms with Crippen molar-refractivity contribution in [2.45, 2.75) is 13.4 Å². The molecule has 0 radical (unpaired) electrons. The van der Waals surface area contributed by atoms with Gasteiger partial charge in [0.15, 0.2) is 0 Å². The standard InChI is InChI=1S/C3H2Br4F2/c4-1(2(5)6)3(7,8)9/h1-2H. The first-order valence-electron chi connectivity index (χ1n) is 1.84. The van der Waals surface area contributed by atoms with Crippen LogP contribution in [0.2, 0.25) is 0 Å². The van der Waals surface area contributed by atoms with Gasteiger partial charge in [-0.1, -0.05) is 47.8 Å². The van der Waals surface area contributed by atoms with Crippen LogP contribution in [0.3, 0.4) is 0 Å². The number of hydrogen-bond acceptors (Lipinski definition) is 0. The van der Waals surface area contributed by atoms with Gasteiger partial charge in [0, 0.05) is 0 Å². The third-order valence-electron chi connectivity index (χ3n) is 0.534. The molecule has 0 spiro atoms. The van der Waals surface area contributed by atoms with Crippen molar-refractivity contribution >= 4 is 63.7 Å². The molecule has 0 N–H and O–H groups in total. The zero-order valence-corrected chi connectivity index (χ0v) is 10.3. The molecule has 9 heavy (non-hydrogen) atoms. The molecule has 0 aromatic rings. The highest BCUT2D eigenvalue weighted by Crippen LogP contribution is 2.37. The quantitative estimate of drug-likeness (QED) is 0.623. The lowest BCUT2D eigenvalue weighted by molar-refractivity contribution is 0.119. The molecule has 0 saturated carbocycles. The molecule has 1 unspecified atom stereocenters. The van der Waals surface area contributed by atoms with E-state index in [-0.39, 0.29) is 0 Å². The topological polar surface area (TPSA) is 0 Å². The summed E-state index contributed by atoms with van der Waals surface area (Å²) in [6.07, 6.45) is 0. The lowest BCUT2D eigenvalue weighted by Gasteiger charge is -2.16. The van der Waals surface area contributed by atoms with Crippen molar-refractivity contribution in [2.75, 3.05) is 0 Å². The molecule has 0 nitrogen and oxygen atoms in total. The van der Waals surface area contributed by atoms with Crippen molar-refractivity contribution in [2.24, 2.45) is 0 Å². The van der Waals surface area contributed by atoms with Gasteiger partial charge in [-0.2, -0.15) is 8.78 Å². The van der Waals surface area contributed by atoms with Gasteiger partial charge in [0.1, 0.15) is 4.83 Å². The van der Waals surface area contributed by atoms with E-state index in [0.29, 0.717) is 0 Å². The van der Waals surface area contributed by atoms with Crippen LogP contribution in [0.4, 0.5) is 8.78 Å². The summed E-state index contributed by atoms with van der Waals surface area (Å²) >= 11 is 10.8. The second-order valence-corrected chi connectivity index (χ2v) is 6.52. The van der Waals surface area contributed by atoms with E-state index in [1.165, 1.54) is 0 Å². The predicted octanol–water partition coefficient (Wildman–Crippen LogP) is 3.85. The van der Waals surface area contributed by atoms with E-state index in [4.69, 9.17) is 0 Å². The zero-order valence-electron chi connectivity index (χ0n) is 3.92. The average molecular weight is 396 g/mol. The van der Waals surface area contributed by atoms with Crippen molar-refractivity contribution in [3.63, 3.8) is 0 Å². The van der Waals surface area contributed by atoms with E-state index >= 15 is 0 Å². The summed E-state index contributed by atoms with van der Waals surface area (Å²) in [5.74, 6) is 0. The molecule has 0 aliphatic heterocycles. The Morgan fingerprint density at radius 2 is 1.44 bits per heavy atom. The Kier molecular flexibility index (Phi) is 4.76. The molecule has 1 atom stereocenters. The van der Waals surface area contributed by atoms with Gasteiger partial charge in [-0.05, 0) is 15.9 Å². The Morgan fingerprint density at radius 1 is 1.11 bits per heavy atom. The second kappa shape index (κ2) is 3.97. The first kappa shape index (κ1) is 10.8. The molecular formula is C3H2Br4F2. The minimum Gasteiger partial charge on any atom is -0.192 e. The normalized spacial score (nSPS) is 16.3.